The average molecular weight is 433 g/mol. The van der Waals surface area contributed by atoms with Gasteiger partial charge in [0.25, 0.3) is 0 Å². The van der Waals surface area contributed by atoms with E-state index in [2.05, 4.69) is 28.1 Å². The Labute approximate surface area is 204 Å². The van der Waals surface area contributed by atoms with Crippen molar-refractivity contribution in [2.24, 2.45) is 0 Å². The Balaban J connectivity index is 0.00000341. The van der Waals surface area contributed by atoms with Crippen LogP contribution >= 0.6 is 0 Å². The van der Waals surface area contributed by atoms with E-state index >= 15 is 0 Å². The maximum atomic E-state index is 12.7. The Kier molecular flexibility index (Phi) is 10.2. The Morgan fingerprint density at radius 1 is 0.903 bits per heavy atom. The van der Waals surface area contributed by atoms with Crippen molar-refractivity contribution in [1.82, 2.24) is 16.0 Å². The van der Waals surface area contributed by atoms with Crippen LogP contribution in [-0.2, 0) is 27.2 Å². The van der Waals surface area contributed by atoms with Crippen molar-refractivity contribution in [2.75, 3.05) is 6.54 Å². The zero-order valence-electron chi connectivity index (χ0n) is 16.7. The predicted octanol–water partition coefficient (Wildman–Crippen LogP) is 0.630. The summed E-state index contributed by atoms with van der Waals surface area (Å²) in [5.74, 6) is -1.81. The molecule has 0 saturated carbocycles. The van der Waals surface area contributed by atoms with Gasteiger partial charge in [-0.2, -0.15) is 0 Å². The van der Waals surface area contributed by atoms with E-state index in [1.807, 2.05) is 48.5 Å². The molecular formula is C23H28N3NaO4. The standard InChI is InChI=1S/C23H27N3O4.Na.H/c27-21(24-14-8-7-11-16-9-3-1-4-10-16)18(15-17-12-5-2-6-13-17)25-22(28)19-20(26-19)23(29)30;;/h1-6,9-10,12-13,18-20,26H,7-8,11,14-15H2,(H,24,27)(H,25,28)(H,29,30);;/t18-,19-,20-;;/m0../s1. The van der Waals surface area contributed by atoms with E-state index in [0.717, 1.165) is 24.8 Å². The Hall–Kier alpha value is -2.19. The number of nitrogens with one attached hydrogen (secondary N) is 3. The molecule has 1 fully saturated rings. The van der Waals surface area contributed by atoms with E-state index in [9.17, 15) is 14.4 Å². The zero-order valence-corrected chi connectivity index (χ0v) is 16.7. The molecule has 1 aliphatic rings. The van der Waals surface area contributed by atoms with Crippen LogP contribution < -0.4 is 16.0 Å². The van der Waals surface area contributed by atoms with E-state index in [1.54, 1.807) is 0 Å². The summed E-state index contributed by atoms with van der Waals surface area (Å²) in [4.78, 5) is 36.0. The van der Waals surface area contributed by atoms with E-state index in [1.165, 1.54) is 5.56 Å². The Morgan fingerprint density at radius 3 is 2.10 bits per heavy atom. The van der Waals surface area contributed by atoms with E-state index in [-0.39, 0.29) is 35.5 Å². The fourth-order valence-corrected chi connectivity index (χ4v) is 3.33. The normalized spacial score (nSPS) is 17.7. The third-order valence-electron chi connectivity index (χ3n) is 5.08. The molecule has 0 aromatic heterocycles. The quantitative estimate of drug-likeness (QED) is 0.236. The fraction of sp³-hybridized carbons (Fsp3) is 0.348. The van der Waals surface area contributed by atoms with Crippen molar-refractivity contribution < 1.29 is 19.5 Å². The molecule has 1 aliphatic heterocycles. The van der Waals surface area contributed by atoms with Gasteiger partial charge in [-0.05, 0) is 30.4 Å². The van der Waals surface area contributed by atoms with Crippen LogP contribution in [0.25, 0.3) is 0 Å². The molecule has 2 amide bonds. The van der Waals surface area contributed by atoms with Gasteiger partial charge in [-0.15, -0.1) is 0 Å². The van der Waals surface area contributed by atoms with E-state index < -0.39 is 30.0 Å². The molecule has 3 atom stereocenters. The summed E-state index contributed by atoms with van der Waals surface area (Å²) < 4.78 is 0. The maximum absolute atomic E-state index is 12.7. The summed E-state index contributed by atoms with van der Waals surface area (Å²) in [5, 5.41) is 17.2. The number of hydrogen-bond acceptors (Lipinski definition) is 4. The van der Waals surface area contributed by atoms with Gasteiger partial charge in [0.1, 0.15) is 18.1 Å². The van der Waals surface area contributed by atoms with Crippen LogP contribution in [0.4, 0.5) is 0 Å². The topological polar surface area (TPSA) is 117 Å². The molecule has 2 aromatic rings. The van der Waals surface area contributed by atoms with Crippen molar-refractivity contribution >= 4 is 47.3 Å². The number of aryl methyl sites for hydroxylation is 1. The number of aliphatic carboxylic acids is 1. The molecule has 3 rings (SSSR count). The van der Waals surface area contributed by atoms with Gasteiger partial charge < -0.3 is 15.7 Å². The molecule has 160 valence electrons. The van der Waals surface area contributed by atoms with Gasteiger partial charge in [-0.25, -0.2) is 0 Å². The van der Waals surface area contributed by atoms with E-state index in [0.29, 0.717) is 13.0 Å². The molecule has 2 aromatic carbocycles. The molecule has 0 bridgehead atoms. The van der Waals surface area contributed by atoms with Crippen molar-refractivity contribution in [1.29, 1.82) is 0 Å². The number of hydrogen-bond donors (Lipinski definition) is 4. The van der Waals surface area contributed by atoms with Crippen LogP contribution in [0.3, 0.4) is 0 Å². The molecule has 8 heteroatoms. The molecule has 0 radical (unpaired) electrons. The van der Waals surface area contributed by atoms with Crippen molar-refractivity contribution in [2.45, 2.75) is 43.8 Å². The second-order valence-corrected chi connectivity index (χ2v) is 7.44. The number of carbonyl (C=O) groups is 3. The minimum atomic E-state index is -1.07. The molecule has 1 saturated heterocycles. The third-order valence-corrected chi connectivity index (χ3v) is 5.08. The van der Waals surface area contributed by atoms with E-state index in [4.69, 9.17) is 5.11 Å². The Bertz CT molecular complexity index is 864. The first-order valence-electron chi connectivity index (χ1n) is 10.2. The molecule has 7 nitrogen and oxygen atoms in total. The second kappa shape index (κ2) is 12.6. The number of benzene rings is 2. The summed E-state index contributed by atoms with van der Waals surface area (Å²) in [7, 11) is 0. The monoisotopic (exact) mass is 433 g/mol. The first kappa shape index (κ1) is 25.1. The predicted molar refractivity (Wildman–Crippen MR) is 120 cm³/mol. The molecule has 0 unspecified atom stereocenters. The van der Waals surface area contributed by atoms with Crippen molar-refractivity contribution in [3.05, 3.63) is 71.8 Å². The molecule has 0 spiro atoms. The van der Waals surface area contributed by atoms with Gasteiger partial charge in [-0.3, -0.25) is 19.7 Å². The van der Waals surface area contributed by atoms with Gasteiger partial charge in [0.2, 0.25) is 11.8 Å². The second-order valence-electron chi connectivity index (χ2n) is 7.44. The number of unbranched alkanes of at least 4 members (excludes halogenated alkanes) is 1. The number of carboxylic acid groups (broad SMARTS) is 1. The summed E-state index contributed by atoms with van der Waals surface area (Å²) >= 11 is 0. The molecule has 4 N–H and O–H groups in total. The van der Waals surface area contributed by atoms with Gasteiger partial charge in [0.15, 0.2) is 0 Å². The minimum absolute atomic E-state index is 0. The number of carboxylic acids is 1. The fourth-order valence-electron chi connectivity index (χ4n) is 3.33. The first-order chi connectivity index (χ1) is 14.5. The van der Waals surface area contributed by atoms with Crippen LogP contribution in [0.5, 0.6) is 0 Å². The van der Waals surface area contributed by atoms with Gasteiger partial charge in [-0.1, -0.05) is 60.7 Å². The molecular weight excluding hydrogens is 405 g/mol. The van der Waals surface area contributed by atoms with Crippen LogP contribution in [-0.4, -0.2) is 77.1 Å². The third kappa shape index (κ3) is 8.10. The van der Waals surface area contributed by atoms with Crippen molar-refractivity contribution in [3.63, 3.8) is 0 Å². The van der Waals surface area contributed by atoms with Crippen LogP contribution in [0, 0.1) is 0 Å². The summed E-state index contributed by atoms with van der Waals surface area (Å²) in [5.41, 5.74) is 2.18. The van der Waals surface area contributed by atoms with Crippen molar-refractivity contribution in [3.8, 4) is 0 Å². The average Bonchev–Trinajstić information content (AvgIpc) is 3.56. The van der Waals surface area contributed by atoms with Crippen LogP contribution in [0.15, 0.2) is 60.7 Å². The van der Waals surface area contributed by atoms with Gasteiger partial charge in [0, 0.05) is 13.0 Å². The van der Waals surface area contributed by atoms with Crippen LogP contribution in [0.1, 0.15) is 24.0 Å². The Morgan fingerprint density at radius 2 is 1.52 bits per heavy atom. The molecule has 0 aliphatic carbocycles. The van der Waals surface area contributed by atoms with Gasteiger partial charge >= 0.3 is 35.5 Å². The number of amides is 2. The number of rotatable bonds is 11. The first-order valence-corrected chi connectivity index (χ1v) is 10.2. The molecule has 31 heavy (non-hydrogen) atoms. The summed E-state index contributed by atoms with van der Waals surface area (Å²) in [6.07, 6.45) is 3.07. The summed E-state index contributed by atoms with van der Waals surface area (Å²) in [6.45, 7) is 0.520. The number of carbonyl (C=O) groups excluding carboxylic acids is 2. The molecule has 1 heterocycles. The summed E-state index contributed by atoms with van der Waals surface area (Å²) in [6, 6.07) is 17.2. The van der Waals surface area contributed by atoms with Gasteiger partial charge in [0.05, 0.1) is 0 Å². The zero-order chi connectivity index (χ0) is 21.3. The SMILES string of the molecule is O=C(NCCCCc1ccccc1)[C@H](Cc1ccccc1)NC(=O)[C@H]1N[C@@H]1C(=O)O.[NaH]. The van der Waals surface area contributed by atoms with Crippen LogP contribution in [0.2, 0.25) is 0 Å².